The zero-order valence-electron chi connectivity index (χ0n) is 18.6. The Bertz CT molecular complexity index is 1170. The molecule has 0 aliphatic carbocycles. The number of hydrogen-bond acceptors (Lipinski definition) is 4. The Morgan fingerprint density at radius 2 is 1.47 bits per heavy atom. The molecular weight excluding hydrogens is 400 g/mol. The number of phenols is 1. The van der Waals surface area contributed by atoms with E-state index >= 15 is 0 Å². The van der Waals surface area contributed by atoms with Crippen molar-refractivity contribution >= 4 is 0 Å². The fourth-order valence-corrected chi connectivity index (χ4v) is 3.85. The maximum atomic E-state index is 11.4. The quantitative estimate of drug-likeness (QED) is 0.372. The molecule has 164 valence electrons. The van der Waals surface area contributed by atoms with Gasteiger partial charge >= 0.3 is 0 Å². The van der Waals surface area contributed by atoms with Crippen LogP contribution in [0.2, 0.25) is 0 Å². The number of nitrogens with zero attached hydrogens (tertiary/aromatic N) is 2. The molecule has 1 heterocycles. The molecule has 0 spiro atoms. The molecule has 1 atom stereocenters. The van der Waals surface area contributed by atoms with Crippen LogP contribution in [-0.4, -0.2) is 19.8 Å². The fourth-order valence-electron chi connectivity index (χ4n) is 3.85. The van der Waals surface area contributed by atoms with Gasteiger partial charge < -0.3 is 14.9 Å². The summed E-state index contributed by atoms with van der Waals surface area (Å²) >= 11 is 0. The van der Waals surface area contributed by atoms with Gasteiger partial charge in [0.05, 0.1) is 0 Å². The summed E-state index contributed by atoms with van der Waals surface area (Å²) in [6, 6.07) is 24.7. The van der Waals surface area contributed by atoms with Crippen LogP contribution in [0, 0.1) is 0 Å². The number of phenolic OH excluding ortho intramolecular Hbond substituents is 1. The predicted octanol–water partition coefficient (Wildman–Crippen LogP) is 5.67. The van der Waals surface area contributed by atoms with Crippen LogP contribution in [0.1, 0.15) is 38.3 Å². The minimum atomic E-state index is -1.57. The third-order valence-electron chi connectivity index (χ3n) is 5.96. The van der Waals surface area contributed by atoms with Crippen molar-refractivity contribution in [3.05, 3.63) is 102 Å². The van der Waals surface area contributed by atoms with Gasteiger partial charge in [0, 0.05) is 29.8 Å². The summed E-state index contributed by atoms with van der Waals surface area (Å²) in [4.78, 5) is 4.43. The predicted molar refractivity (Wildman–Crippen MR) is 125 cm³/mol. The molecule has 3 aromatic carbocycles. The highest BCUT2D eigenvalue weighted by molar-refractivity contribution is 5.55. The molecule has 5 heteroatoms. The van der Waals surface area contributed by atoms with Crippen LogP contribution in [0.4, 0.5) is 0 Å². The zero-order valence-corrected chi connectivity index (χ0v) is 18.6. The molecule has 0 aliphatic heterocycles. The van der Waals surface area contributed by atoms with Crippen LogP contribution < -0.4 is 4.74 Å². The van der Waals surface area contributed by atoms with Gasteiger partial charge in [-0.2, -0.15) is 0 Å². The summed E-state index contributed by atoms with van der Waals surface area (Å²) in [5.41, 5.74) is 2.85. The third kappa shape index (κ3) is 4.12. The van der Waals surface area contributed by atoms with Gasteiger partial charge in [0.1, 0.15) is 17.3 Å². The van der Waals surface area contributed by atoms with Crippen LogP contribution in [0.5, 0.6) is 11.5 Å². The van der Waals surface area contributed by atoms with Gasteiger partial charge in [-0.05, 0) is 35.4 Å². The van der Waals surface area contributed by atoms with E-state index in [1.807, 2.05) is 73.7 Å². The number of benzene rings is 3. The molecule has 0 fully saturated rings. The lowest BCUT2D eigenvalue weighted by atomic mass is 9.78. The molecule has 0 radical (unpaired) electrons. The fraction of sp³-hybridized carbons (Fsp3) is 0.222. The van der Waals surface area contributed by atoms with E-state index in [0.29, 0.717) is 18.0 Å². The number of ether oxygens (including phenoxy) is 1. The molecule has 4 aromatic rings. The van der Waals surface area contributed by atoms with Crippen molar-refractivity contribution in [3.8, 4) is 22.9 Å². The smallest absolute Gasteiger partial charge is 0.297 e. The summed E-state index contributed by atoms with van der Waals surface area (Å²) < 4.78 is 7.76. The van der Waals surface area contributed by atoms with Gasteiger partial charge in [0.15, 0.2) is 0 Å². The van der Waals surface area contributed by atoms with Crippen molar-refractivity contribution in [3.63, 3.8) is 0 Å². The van der Waals surface area contributed by atoms with Gasteiger partial charge in [-0.15, -0.1) is 0 Å². The lowest BCUT2D eigenvalue weighted by Gasteiger charge is -2.31. The Balaban J connectivity index is 1.60. The van der Waals surface area contributed by atoms with Crippen LogP contribution >= 0.6 is 0 Å². The first kappa shape index (κ1) is 21.7. The van der Waals surface area contributed by atoms with Crippen LogP contribution in [0.15, 0.2) is 91.3 Å². The molecule has 0 saturated heterocycles. The van der Waals surface area contributed by atoms with E-state index in [9.17, 15) is 10.2 Å². The second-order valence-electron chi connectivity index (χ2n) is 8.38. The molecule has 0 aliphatic rings. The Morgan fingerprint density at radius 3 is 2.06 bits per heavy atom. The largest absolute Gasteiger partial charge is 0.508 e. The molecule has 1 aromatic heterocycles. The van der Waals surface area contributed by atoms with Gasteiger partial charge in [0.25, 0.3) is 5.91 Å². The summed E-state index contributed by atoms with van der Waals surface area (Å²) in [7, 11) is 0. The first-order valence-corrected chi connectivity index (χ1v) is 10.7. The first-order chi connectivity index (χ1) is 15.3. The maximum absolute atomic E-state index is 11.4. The minimum Gasteiger partial charge on any atom is -0.508 e. The summed E-state index contributed by atoms with van der Waals surface area (Å²) in [6.45, 7) is 6.14. The Hall–Kier alpha value is -3.57. The molecule has 1 unspecified atom stereocenters. The minimum absolute atomic E-state index is 0.251. The van der Waals surface area contributed by atoms with E-state index in [0.717, 1.165) is 16.7 Å². The molecule has 0 amide bonds. The molecule has 32 heavy (non-hydrogen) atoms. The first-order valence-electron chi connectivity index (χ1n) is 10.7. The van der Waals surface area contributed by atoms with Crippen LogP contribution in [-0.2, 0) is 11.3 Å². The standard InChI is InChI=1S/C27H28N2O3/c1-4-27(31,29-19-18-28-25(29)20-8-6-5-7-9-20)32-24-16-12-22(13-17-24)26(2,3)21-10-14-23(30)15-11-21/h5-19,30-31H,4H2,1-3H3. The number of aromatic nitrogens is 2. The summed E-state index contributed by atoms with van der Waals surface area (Å²) in [5, 5.41) is 21.0. The number of hydrogen-bond donors (Lipinski definition) is 2. The van der Waals surface area contributed by atoms with E-state index in [1.165, 1.54) is 0 Å². The Morgan fingerprint density at radius 1 is 0.875 bits per heavy atom. The molecular formula is C27H28N2O3. The lowest BCUT2D eigenvalue weighted by molar-refractivity contribution is -0.206. The highest BCUT2D eigenvalue weighted by Gasteiger charge is 2.32. The summed E-state index contributed by atoms with van der Waals surface area (Å²) in [6.07, 6.45) is 3.73. The SMILES string of the molecule is CCC(O)(Oc1ccc(C(C)(C)c2ccc(O)cc2)cc1)n1ccnc1-c1ccccc1. The van der Waals surface area contributed by atoms with Crippen molar-refractivity contribution in [2.75, 3.05) is 0 Å². The van der Waals surface area contributed by atoms with E-state index in [2.05, 4.69) is 18.8 Å². The number of aliphatic hydroxyl groups is 1. The summed E-state index contributed by atoms with van der Waals surface area (Å²) in [5.74, 6) is -0.121. The van der Waals surface area contributed by atoms with Crippen molar-refractivity contribution in [2.45, 2.75) is 38.5 Å². The van der Waals surface area contributed by atoms with E-state index < -0.39 is 5.91 Å². The molecule has 0 bridgehead atoms. The number of rotatable bonds is 7. The second-order valence-corrected chi connectivity index (χ2v) is 8.38. The van der Waals surface area contributed by atoms with Gasteiger partial charge in [-0.25, -0.2) is 4.98 Å². The topological polar surface area (TPSA) is 67.5 Å². The van der Waals surface area contributed by atoms with Crippen LogP contribution in [0.3, 0.4) is 0 Å². The van der Waals surface area contributed by atoms with Gasteiger partial charge in [-0.3, -0.25) is 4.57 Å². The molecule has 0 saturated carbocycles. The highest BCUT2D eigenvalue weighted by Crippen LogP contribution is 2.34. The van der Waals surface area contributed by atoms with Gasteiger partial charge in [0.2, 0.25) is 0 Å². The zero-order chi connectivity index (χ0) is 22.8. The van der Waals surface area contributed by atoms with Crippen molar-refractivity contribution in [1.29, 1.82) is 0 Å². The Kier molecular flexibility index (Phi) is 5.76. The molecule has 5 nitrogen and oxygen atoms in total. The second kappa shape index (κ2) is 8.52. The lowest BCUT2D eigenvalue weighted by Crippen LogP contribution is -2.39. The van der Waals surface area contributed by atoms with Crippen molar-refractivity contribution in [1.82, 2.24) is 9.55 Å². The number of imidazole rings is 1. The van der Waals surface area contributed by atoms with Crippen LogP contribution in [0.25, 0.3) is 11.4 Å². The van der Waals surface area contributed by atoms with Crippen molar-refractivity contribution < 1.29 is 14.9 Å². The van der Waals surface area contributed by atoms with Crippen molar-refractivity contribution in [2.24, 2.45) is 0 Å². The average Bonchev–Trinajstić information content (AvgIpc) is 3.31. The third-order valence-corrected chi connectivity index (χ3v) is 5.96. The highest BCUT2D eigenvalue weighted by atomic mass is 16.6. The normalized spacial score (nSPS) is 13.5. The Labute approximate surface area is 188 Å². The monoisotopic (exact) mass is 428 g/mol. The van der Waals surface area contributed by atoms with Gasteiger partial charge in [-0.1, -0.05) is 75.4 Å². The van der Waals surface area contributed by atoms with E-state index in [-0.39, 0.29) is 11.2 Å². The molecule has 2 N–H and O–H groups in total. The van der Waals surface area contributed by atoms with E-state index in [4.69, 9.17) is 4.74 Å². The number of aromatic hydroxyl groups is 1. The maximum Gasteiger partial charge on any atom is 0.297 e. The average molecular weight is 429 g/mol. The van der Waals surface area contributed by atoms with E-state index in [1.54, 1.807) is 29.1 Å². The molecule has 4 rings (SSSR count).